The average molecular weight is 287 g/mol. The van der Waals surface area contributed by atoms with Gasteiger partial charge in [0.25, 0.3) is 0 Å². The second-order valence-corrected chi connectivity index (χ2v) is 5.92. The molecule has 0 unspecified atom stereocenters. The molecule has 2 N–H and O–H groups in total. The predicted octanol–water partition coefficient (Wildman–Crippen LogP) is 4.82. The molecule has 1 heterocycles. The number of halogens is 2. The fourth-order valence-electron chi connectivity index (χ4n) is 1.61. The Morgan fingerprint density at radius 1 is 1.29 bits per heavy atom. The van der Waals surface area contributed by atoms with E-state index >= 15 is 0 Å². The van der Waals surface area contributed by atoms with Crippen molar-refractivity contribution >= 4 is 39.7 Å². The van der Waals surface area contributed by atoms with Crippen LogP contribution < -0.4 is 5.73 Å². The fourth-order valence-corrected chi connectivity index (χ4v) is 3.19. The summed E-state index contributed by atoms with van der Waals surface area (Å²) in [7, 11) is 0. The zero-order valence-electron chi connectivity index (χ0n) is 9.50. The van der Waals surface area contributed by atoms with Crippen molar-refractivity contribution in [1.29, 1.82) is 0 Å². The van der Waals surface area contributed by atoms with Crippen LogP contribution in [0.2, 0.25) is 10.0 Å². The molecule has 0 atom stereocenters. The first-order valence-corrected chi connectivity index (χ1v) is 6.78. The molecule has 5 heteroatoms. The standard InChI is InChI=1S/C12H12Cl2N2S/c1-6(2)10-11(17-12(15)16-10)8-4-3-7(13)5-9(8)14/h3-6H,1-2H3,(H2,15,16). The zero-order chi connectivity index (χ0) is 12.6. The van der Waals surface area contributed by atoms with E-state index in [0.717, 1.165) is 16.1 Å². The van der Waals surface area contributed by atoms with E-state index in [4.69, 9.17) is 28.9 Å². The maximum atomic E-state index is 6.20. The largest absolute Gasteiger partial charge is 0.375 e. The number of rotatable bonds is 2. The van der Waals surface area contributed by atoms with E-state index in [9.17, 15) is 0 Å². The van der Waals surface area contributed by atoms with E-state index in [-0.39, 0.29) is 0 Å². The third-order valence-corrected chi connectivity index (χ3v) is 3.87. The highest BCUT2D eigenvalue weighted by Gasteiger charge is 2.16. The van der Waals surface area contributed by atoms with Crippen molar-refractivity contribution in [3.05, 3.63) is 33.9 Å². The second-order valence-electron chi connectivity index (χ2n) is 4.05. The SMILES string of the molecule is CC(C)c1nc(N)sc1-c1ccc(Cl)cc1Cl. The molecule has 0 radical (unpaired) electrons. The lowest BCUT2D eigenvalue weighted by molar-refractivity contribution is 0.836. The first-order valence-electron chi connectivity index (χ1n) is 5.20. The maximum absolute atomic E-state index is 6.20. The molecule has 2 nitrogen and oxygen atoms in total. The van der Waals surface area contributed by atoms with Crippen molar-refractivity contribution in [2.75, 3.05) is 5.73 Å². The zero-order valence-corrected chi connectivity index (χ0v) is 11.8. The van der Waals surface area contributed by atoms with Gasteiger partial charge in [0.1, 0.15) is 0 Å². The molecule has 0 aliphatic heterocycles. The summed E-state index contributed by atoms with van der Waals surface area (Å²) in [5.41, 5.74) is 7.69. The Hall–Kier alpha value is -0.770. The summed E-state index contributed by atoms with van der Waals surface area (Å²) in [5.74, 6) is 0.310. The lowest BCUT2D eigenvalue weighted by atomic mass is 10.1. The van der Waals surface area contributed by atoms with Gasteiger partial charge in [-0.1, -0.05) is 54.5 Å². The van der Waals surface area contributed by atoms with Crippen LogP contribution in [0.3, 0.4) is 0 Å². The smallest absolute Gasteiger partial charge is 0.180 e. The fraction of sp³-hybridized carbons (Fsp3) is 0.250. The Kier molecular flexibility index (Phi) is 3.61. The summed E-state index contributed by atoms with van der Waals surface area (Å²) in [6.07, 6.45) is 0. The van der Waals surface area contributed by atoms with Crippen LogP contribution in [0.1, 0.15) is 25.5 Å². The van der Waals surface area contributed by atoms with Gasteiger partial charge in [-0.25, -0.2) is 4.98 Å². The number of anilines is 1. The molecular formula is C12H12Cl2N2S. The van der Waals surface area contributed by atoms with Crippen LogP contribution in [0.25, 0.3) is 10.4 Å². The van der Waals surface area contributed by atoms with Gasteiger partial charge in [-0.05, 0) is 18.1 Å². The minimum atomic E-state index is 0.310. The van der Waals surface area contributed by atoms with Crippen molar-refractivity contribution in [1.82, 2.24) is 4.98 Å². The lowest BCUT2D eigenvalue weighted by Gasteiger charge is -2.07. The molecule has 1 aromatic heterocycles. The van der Waals surface area contributed by atoms with E-state index in [1.165, 1.54) is 11.3 Å². The van der Waals surface area contributed by atoms with Crippen LogP contribution in [-0.4, -0.2) is 4.98 Å². The Labute approximate surface area is 114 Å². The Balaban J connectivity index is 2.59. The van der Waals surface area contributed by atoms with Crippen molar-refractivity contribution in [3.8, 4) is 10.4 Å². The van der Waals surface area contributed by atoms with E-state index in [2.05, 4.69) is 18.8 Å². The molecule has 0 amide bonds. The van der Waals surface area contributed by atoms with E-state index in [1.54, 1.807) is 6.07 Å². The summed E-state index contributed by atoms with van der Waals surface area (Å²) >= 11 is 13.5. The van der Waals surface area contributed by atoms with Gasteiger partial charge in [0.2, 0.25) is 0 Å². The summed E-state index contributed by atoms with van der Waals surface area (Å²) in [6.45, 7) is 4.17. The molecule has 0 saturated carbocycles. The molecule has 0 aliphatic rings. The molecule has 0 bridgehead atoms. The van der Waals surface area contributed by atoms with E-state index in [1.807, 2.05) is 12.1 Å². The van der Waals surface area contributed by atoms with E-state index < -0.39 is 0 Å². The topological polar surface area (TPSA) is 38.9 Å². The highest BCUT2D eigenvalue weighted by Crippen LogP contribution is 2.39. The summed E-state index contributed by atoms with van der Waals surface area (Å²) in [6, 6.07) is 5.46. The number of nitrogens with zero attached hydrogens (tertiary/aromatic N) is 1. The van der Waals surface area contributed by atoms with Gasteiger partial charge in [0.05, 0.1) is 15.6 Å². The Morgan fingerprint density at radius 2 is 2.00 bits per heavy atom. The number of benzene rings is 1. The highest BCUT2D eigenvalue weighted by molar-refractivity contribution is 7.19. The minimum Gasteiger partial charge on any atom is -0.375 e. The summed E-state index contributed by atoms with van der Waals surface area (Å²) in [5, 5.41) is 1.82. The van der Waals surface area contributed by atoms with Crippen molar-refractivity contribution in [3.63, 3.8) is 0 Å². The van der Waals surface area contributed by atoms with Crippen LogP contribution >= 0.6 is 34.5 Å². The molecular weight excluding hydrogens is 275 g/mol. The summed E-state index contributed by atoms with van der Waals surface area (Å²) in [4.78, 5) is 5.38. The lowest BCUT2D eigenvalue weighted by Crippen LogP contribution is -1.92. The van der Waals surface area contributed by atoms with Crippen LogP contribution in [0.15, 0.2) is 18.2 Å². The molecule has 0 fully saturated rings. The first-order chi connectivity index (χ1) is 7.99. The number of thiazole rings is 1. The van der Waals surface area contributed by atoms with Gasteiger partial charge in [-0.3, -0.25) is 0 Å². The molecule has 0 aliphatic carbocycles. The van der Waals surface area contributed by atoms with E-state index in [0.29, 0.717) is 21.1 Å². The van der Waals surface area contributed by atoms with Crippen LogP contribution in [0.4, 0.5) is 5.13 Å². The highest BCUT2D eigenvalue weighted by atomic mass is 35.5. The van der Waals surface area contributed by atoms with Gasteiger partial charge in [-0.2, -0.15) is 0 Å². The van der Waals surface area contributed by atoms with Crippen molar-refractivity contribution < 1.29 is 0 Å². The molecule has 2 aromatic rings. The third-order valence-electron chi connectivity index (χ3n) is 2.39. The molecule has 2 rings (SSSR count). The van der Waals surface area contributed by atoms with Crippen LogP contribution in [0.5, 0.6) is 0 Å². The predicted molar refractivity (Wildman–Crippen MR) is 76.1 cm³/mol. The quantitative estimate of drug-likeness (QED) is 0.859. The van der Waals surface area contributed by atoms with Crippen molar-refractivity contribution in [2.45, 2.75) is 19.8 Å². The average Bonchev–Trinajstić information content (AvgIpc) is 2.60. The number of aromatic nitrogens is 1. The monoisotopic (exact) mass is 286 g/mol. The molecule has 17 heavy (non-hydrogen) atoms. The van der Waals surface area contributed by atoms with Crippen molar-refractivity contribution in [2.24, 2.45) is 0 Å². The number of nitrogens with two attached hydrogens (primary N) is 1. The molecule has 0 saturated heterocycles. The van der Waals surface area contributed by atoms with Gasteiger partial charge in [-0.15, -0.1) is 0 Å². The van der Waals surface area contributed by atoms with Gasteiger partial charge in [0.15, 0.2) is 5.13 Å². The van der Waals surface area contributed by atoms with Gasteiger partial charge >= 0.3 is 0 Å². The number of nitrogen functional groups attached to an aromatic ring is 1. The summed E-state index contributed by atoms with van der Waals surface area (Å²) < 4.78 is 0. The first kappa shape index (κ1) is 12.7. The third kappa shape index (κ3) is 2.57. The van der Waals surface area contributed by atoms with Crippen LogP contribution in [-0.2, 0) is 0 Å². The Morgan fingerprint density at radius 3 is 2.59 bits per heavy atom. The maximum Gasteiger partial charge on any atom is 0.180 e. The number of hydrogen-bond acceptors (Lipinski definition) is 3. The van der Waals surface area contributed by atoms with Gasteiger partial charge in [0, 0.05) is 10.6 Å². The van der Waals surface area contributed by atoms with Gasteiger partial charge < -0.3 is 5.73 Å². The molecule has 1 aromatic carbocycles. The normalized spacial score (nSPS) is 11.1. The minimum absolute atomic E-state index is 0.310. The Bertz CT molecular complexity index is 549. The molecule has 0 spiro atoms. The molecule has 90 valence electrons. The van der Waals surface area contributed by atoms with Crippen LogP contribution in [0, 0.1) is 0 Å². The second kappa shape index (κ2) is 4.84. The number of hydrogen-bond donors (Lipinski definition) is 1.